The summed E-state index contributed by atoms with van der Waals surface area (Å²) in [6, 6.07) is 0. The molecule has 2 fully saturated rings. The molecular weight excluding hydrogens is 316 g/mol. The highest BCUT2D eigenvalue weighted by Gasteiger charge is 2.39. The van der Waals surface area contributed by atoms with Crippen LogP contribution in [0, 0.1) is 11.8 Å². The molecule has 0 aliphatic carbocycles. The highest BCUT2D eigenvalue weighted by Crippen LogP contribution is 2.25. The third-order valence-electron chi connectivity index (χ3n) is 3.83. The fraction of sp³-hybridized carbons (Fsp3) is 0.750. The van der Waals surface area contributed by atoms with Gasteiger partial charge in [0.05, 0.1) is 5.92 Å². The van der Waals surface area contributed by atoms with Crippen LogP contribution < -0.4 is 0 Å². The van der Waals surface area contributed by atoms with Crippen molar-refractivity contribution < 1.29 is 28.8 Å². The van der Waals surface area contributed by atoms with E-state index in [1.165, 1.54) is 4.90 Å². The molecule has 134 valence electrons. The summed E-state index contributed by atoms with van der Waals surface area (Å²) in [5, 5.41) is 0.541. The largest absolute Gasteiger partial charge is 0.444 e. The van der Waals surface area contributed by atoms with E-state index in [-0.39, 0.29) is 25.3 Å². The van der Waals surface area contributed by atoms with Crippen LogP contribution in [-0.4, -0.2) is 52.5 Å². The molecule has 0 aromatic carbocycles. The molecule has 2 rings (SSSR count). The first-order chi connectivity index (χ1) is 11.1. The van der Waals surface area contributed by atoms with Crippen molar-refractivity contribution >= 4 is 23.9 Å². The third kappa shape index (κ3) is 4.46. The van der Waals surface area contributed by atoms with Crippen molar-refractivity contribution in [2.24, 2.45) is 11.8 Å². The fourth-order valence-electron chi connectivity index (χ4n) is 2.82. The Labute approximate surface area is 141 Å². The summed E-state index contributed by atoms with van der Waals surface area (Å²) < 4.78 is 5.34. The van der Waals surface area contributed by atoms with E-state index in [2.05, 4.69) is 0 Å². The van der Waals surface area contributed by atoms with E-state index in [0.29, 0.717) is 18.0 Å². The molecule has 2 aliphatic heterocycles. The van der Waals surface area contributed by atoms with Crippen molar-refractivity contribution in [3.8, 4) is 0 Å². The SMILES string of the molecule is C[C@H]1C[C@@H](C(=O)ON2C(=O)CCC2=O)CN(C(=O)OC(C)(C)C)C1. The van der Waals surface area contributed by atoms with E-state index in [4.69, 9.17) is 9.57 Å². The highest BCUT2D eigenvalue weighted by molar-refractivity contribution is 6.01. The number of piperidine rings is 1. The molecule has 24 heavy (non-hydrogen) atoms. The lowest BCUT2D eigenvalue weighted by molar-refractivity contribution is -0.202. The summed E-state index contributed by atoms with van der Waals surface area (Å²) in [5.41, 5.74) is -0.623. The van der Waals surface area contributed by atoms with E-state index in [9.17, 15) is 19.2 Å². The summed E-state index contributed by atoms with van der Waals surface area (Å²) >= 11 is 0. The first kappa shape index (κ1) is 18.2. The Morgan fingerprint density at radius 3 is 2.21 bits per heavy atom. The van der Waals surface area contributed by atoms with Gasteiger partial charge in [0.15, 0.2) is 0 Å². The van der Waals surface area contributed by atoms with Gasteiger partial charge in [-0.3, -0.25) is 9.59 Å². The normalized spacial score (nSPS) is 25.0. The van der Waals surface area contributed by atoms with Crippen molar-refractivity contribution in [3.63, 3.8) is 0 Å². The van der Waals surface area contributed by atoms with Gasteiger partial charge in [0, 0.05) is 25.9 Å². The maximum absolute atomic E-state index is 12.3. The fourth-order valence-corrected chi connectivity index (χ4v) is 2.82. The van der Waals surface area contributed by atoms with E-state index in [0.717, 1.165) is 0 Å². The first-order valence-corrected chi connectivity index (χ1v) is 8.12. The van der Waals surface area contributed by atoms with Crippen LogP contribution in [0.1, 0.15) is 47.0 Å². The van der Waals surface area contributed by atoms with Crippen LogP contribution in [-0.2, 0) is 24.0 Å². The van der Waals surface area contributed by atoms with Crippen LogP contribution in [0.2, 0.25) is 0 Å². The van der Waals surface area contributed by atoms with Gasteiger partial charge in [-0.1, -0.05) is 6.92 Å². The highest BCUT2D eigenvalue weighted by atomic mass is 16.7. The number of nitrogens with zero attached hydrogens (tertiary/aromatic N) is 2. The molecular formula is C16H24N2O6. The molecule has 0 aromatic rings. The van der Waals surface area contributed by atoms with Gasteiger partial charge in [-0.05, 0) is 33.1 Å². The lowest BCUT2D eigenvalue weighted by Crippen LogP contribution is -2.48. The molecule has 0 saturated carbocycles. The zero-order valence-corrected chi connectivity index (χ0v) is 14.5. The second-order valence-electron chi connectivity index (χ2n) is 7.42. The maximum atomic E-state index is 12.3. The van der Waals surface area contributed by atoms with E-state index >= 15 is 0 Å². The molecule has 8 heteroatoms. The summed E-state index contributed by atoms with van der Waals surface area (Å²) in [5.74, 6) is -2.21. The average molecular weight is 340 g/mol. The number of hydrogen-bond acceptors (Lipinski definition) is 6. The zero-order valence-electron chi connectivity index (χ0n) is 14.5. The van der Waals surface area contributed by atoms with Gasteiger partial charge in [0.2, 0.25) is 0 Å². The Hall–Kier alpha value is -2.12. The minimum atomic E-state index is -0.668. The Kier molecular flexibility index (Phi) is 5.15. The van der Waals surface area contributed by atoms with Gasteiger partial charge >= 0.3 is 12.1 Å². The Bertz CT molecular complexity index is 537. The molecule has 0 N–H and O–H groups in total. The van der Waals surface area contributed by atoms with Crippen LogP contribution in [0.15, 0.2) is 0 Å². The lowest BCUT2D eigenvalue weighted by atomic mass is 9.91. The van der Waals surface area contributed by atoms with Gasteiger partial charge in [-0.2, -0.15) is 0 Å². The second-order valence-corrected chi connectivity index (χ2v) is 7.42. The van der Waals surface area contributed by atoms with E-state index < -0.39 is 35.4 Å². The monoisotopic (exact) mass is 340 g/mol. The van der Waals surface area contributed by atoms with Crippen LogP contribution >= 0.6 is 0 Å². The Morgan fingerprint density at radius 1 is 1.08 bits per heavy atom. The number of hydrogen-bond donors (Lipinski definition) is 0. The average Bonchev–Trinajstić information content (AvgIpc) is 2.76. The molecule has 0 bridgehead atoms. The third-order valence-corrected chi connectivity index (χ3v) is 3.83. The van der Waals surface area contributed by atoms with Crippen molar-refractivity contribution in [2.75, 3.05) is 13.1 Å². The molecule has 3 amide bonds. The van der Waals surface area contributed by atoms with Crippen LogP contribution in [0.25, 0.3) is 0 Å². The standard InChI is InChI=1S/C16H24N2O6/c1-10-7-11(9-17(8-10)15(22)23-16(2,3)4)14(21)24-18-12(19)5-6-13(18)20/h10-11H,5-9H2,1-4H3/t10-,11+/m0/s1. The van der Waals surface area contributed by atoms with Crippen molar-refractivity contribution in [2.45, 2.75) is 52.6 Å². The van der Waals surface area contributed by atoms with Crippen molar-refractivity contribution in [3.05, 3.63) is 0 Å². The van der Waals surface area contributed by atoms with Gasteiger partial charge in [0.1, 0.15) is 5.60 Å². The molecule has 2 heterocycles. The molecule has 2 aliphatic rings. The van der Waals surface area contributed by atoms with E-state index in [1.807, 2.05) is 6.92 Å². The summed E-state index contributed by atoms with van der Waals surface area (Å²) in [6.07, 6.45) is 0.142. The number of hydroxylamine groups is 2. The number of carbonyl (C=O) groups is 4. The topological polar surface area (TPSA) is 93.2 Å². The summed E-state index contributed by atoms with van der Waals surface area (Å²) in [4.78, 5) is 54.0. The summed E-state index contributed by atoms with van der Waals surface area (Å²) in [7, 11) is 0. The minimum Gasteiger partial charge on any atom is -0.444 e. The summed E-state index contributed by atoms with van der Waals surface area (Å²) in [6.45, 7) is 7.87. The molecule has 0 radical (unpaired) electrons. The number of imide groups is 1. The molecule has 2 saturated heterocycles. The van der Waals surface area contributed by atoms with Gasteiger partial charge < -0.3 is 14.5 Å². The number of ether oxygens (including phenoxy) is 1. The predicted octanol–water partition coefficient (Wildman–Crippen LogP) is 1.49. The molecule has 0 unspecified atom stereocenters. The number of amides is 3. The molecule has 8 nitrogen and oxygen atoms in total. The number of likely N-dealkylation sites (tertiary alicyclic amines) is 1. The zero-order chi connectivity index (χ0) is 18.1. The number of carbonyl (C=O) groups excluding carboxylic acids is 4. The quantitative estimate of drug-likeness (QED) is 0.707. The first-order valence-electron chi connectivity index (χ1n) is 8.12. The lowest BCUT2D eigenvalue weighted by Gasteiger charge is -2.36. The second kappa shape index (κ2) is 6.78. The van der Waals surface area contributed by atoms with Gasteiger partial charge in [-0.15, -0.1) is 5.06 Å². The van der Waals surface area contributed by atoms with Crippen LogP contribution in [0.3, 0.4) is 0 Å². The minimum absolute atomic E-state index is 0.0528. The smallest absolute Gasteiger partial charge is 0.410 e. The molecule has 2 atom stereocenters. The van der Waals surface area contributed by atoms with Crippen molar-refractivity contribution in [1.82, 2.24) is 9.96 Å². The molecule has 0 spiro atoms. The maximum Gasteiger partial charge on any atom is 0.410 e. The Balaban J connectivity index is 1.99. The Morgan fingerprint density at radius 2 is 1.67 bits per heavy atom. The predicted molar refractivity (Wildman–Crippen MR) is 82.3 cm³/mol. The van der Waals surface area contributed by atoms with Gasteiger partial charge in [0.25, 0.3) is 11.8 Å². The van der Waals surface area contributed by atoms with E-state index in [1.54, 1.807) is 20.8 Å². The number of rotatable bonds is 2. The van der Waals surface area contributed by atoms with Crippen LogP contribution in [0.4, 0.5) is 4.79 Å². The van der Waals surface area contributed by atoms with Crippen LogP contribution in [0.5, 0.6) is 0 Å². The molecule has 0 aromatic heterocycles. The van der Waals surface area contributed by atoms with Crippen molar-refractivity contribution in [1.29, 1.82) is 0 Å². The van der Waals surface area contributed by atoms with Gasteiger partial charge in [-0.25, -0.2) is 9.59 Å².